The number of benzene rings is 2. The number of methoxy groups -OCH3 is 2. The lowest BCUT2D eigenvalue weighted by molar-refractivity contribution is -0.152. The molecule has 1 aliphatic carbocycles. The van der Waals surface area contributed by atoms with Gasteiger partial charge in [-0.25, -0.2) is 13.6 Å². The quantitative estimate of drug-likeness (QED) is 0.463. The van der Waals surface area contributed by atoms with Crippen LogP contribution in [0.2, 0.25) is 0 Å². The van der Waals surface area contributed by atoms with E-state index in [2.05, 4.69) is 5.32 Å². The summed E-state index contributed by atoms with van der Waals surface area (Å²) in [7, 11) is 2.80. The van der Waals surface area contributed by atoms with Gasteiger partial charge in [0, 0.05) is 6.08 Å². The van der Waals surface area contributed by atoms with E-state index in [1.54, 1.807) is 24.3 Å². The summed E-state index contributed by atoms with van der Waals surface area (Å²) in [6.07, 6.45) is 6.79. The summed E-state index contributed by atoms with van der Waals surface area (Å²) in [5.41, 5.74) is 0.167. The number of amides is 1. The fourth-order valence-electron chi connectivity index (χ4n) is 3.88. The van der Waals surface area contributed by atoms with Crippen LogP contribution in [-0.2, 0) is 20.9 Å². The van der Waals surface area contributed by atoms with Crippen molar-refractivity contribution in [3.8, 4) is 11.5 Å². The fraction of sp³-hybridized carbons (Fsp3) is 0.360. The monoisotopic (exact) mass is 459 g/mol. The normalized spacial score (nSPS) is 15.2. The molecule has 0 aliphatic heterocycles. The van der Waals surface area contributed by atoms with Gasteiger partial charge < -0.3 is 19.5 Å². The van der Waals surface area contributed by atoms with E-state index in [4.69, 9.17) is 14.2 Å². The highest BCUT2D eigenvalue weighted by molar-refractivity contribution is 5.96. The molecule has 0 spiro atoms. The van der Waals surface area contributed by atoms with Crippen LogP contribution in [0.3, 0.4) is 0 Å². The van der Waals surface area contributed by atoms with Crippen LogP contribution < -0.4 is 14.8 Å². The van der Waals surface area contributed by atoms with Crippen molar-refractivity contribution in [1.82, 2.24) is 5.32 Å². The van der Waals surface area contributed by atoms with Crippen LogP contribution >= 0.6 is 0 Å². The number of rotatable bonds is 8. The molecule has 0 radical (unpaired) electrons. The van der Waals surface area contributed by atoms with Gasteiger partial charge >= 0.3 is 5.97 Å². The van der Waals surface area contributed by atoms with Gasteiger partial charge in [0.15, 0.2) is 23.1 Å². The molecule has 0 atom stereocenters. The van der Waals surface area contributed by atoms with E-state index in [1.807, 2.05) is 0 Å². The van der Waals surface area contributed by atoms with Crippen molar-refractivity contribution in [2.24, 2.45) is 0 Å². The van der Waals surface area contributed by atoms with E-state index in [0.29, 0.717) is 35.5 Å². The molecule has 1 fully saturated rings. The summed E-state index contributed by atoms with van der Waals surface area (Å²) in [5.74, 6) is -1.84. The molecule has 2 aromatic rings. The summed E-state index contributed by atoms with van der Waals surface area (Å²) in [4.78, 5) is 24.8. The highest BCUT2D eigenvalue weighted by Crippen LogP contribution is 2.31. The molecule has 6 nitrogen and oxygen atoms in total. The average molecular weight is 459 g/mol. The average Bonchev–Trinajstić information content (AvgIpc) is 2.83. The van der Waals surface area contributed by atoms with E-state index in [-0.39, 0.29) is 12.5 Å². The van der Waals surface area contributed by atoms with Gasteiger partial charge in [-0.15, -0.1) is 0 Å². The number of esters is 1. The highest BCUT2D eigenvalue weighted by atomic mass is 19.2. The van der Waals surface area contributed by atoms with Gasteiger partial charge in [-0.1, -0.05) is 31.4 Å². The maximum Gasteiger partial charge on any atom is 0.331 e. The van der Waals surface area contributed by atoms with Gasteiger partial charge in [0.1, 0.15) is 12.1 Å². The third kappa shape index (κ3) is 6.09. The van der Waals surface area contributed by atoms with Crippen molar-refractivity contribution in [3.63, 3.8) is 0 Å². The van der Waals surface area contributed by atoms with Crippen molar-refractivity contribution in [3.05, 3.63) is 65.2 Å². The molecule has 0 heterocycles. The van der Waals surface area contributed by atoms with Crippen LogP contribution in [0.4, 0.5) is 8.78 Å². The van der Waals surface area contributed by atoms with Crippen LogP contribution in [0.1, 0.15) is 43.2 Å². The van der Waals surface area contributed by atoms with Crippen LogP contribution in [0, 0.1) is 11.6 Å². The zero-order chi connectivity index (χ0) is 23.8. The van der Waals surface area contributed by atoms with Crippen molar-refractivity contribution < 1.29 is 32.6 Å². The third-order valence-electron chi connectivity index (χ3n) is 5.64. The van der Waals surface area contributed by atoms with E-state index in [1.165, 1.54) is 26.4 Å². The van der Waals surface area contributed by atoms with Crippen molar-refractivity contribution in [1.29, 1.82) is 0 Å². The van der Waals surface area contributed by atoms with Gasteiger partial charge in [-0.2, -0.15) is 0 Å². The standard InChI is InChI=1S/C25H27F2NO5/c1-31-22-15-17(7-10-21(22)33-16-18-6-9-19(26)20(27)14-18)8-11-23(29)28-25(24(30)32-2)12-4-3-5-13-25/h6-11,14-15H,3-5,12-13,16H2,1-2H3,(H,28,29)/b11-8+. The zero-order valence-corrected chi connectivity index (χ0v) is 18.7. The van der Waals surface area contributed by atoms with E-state index in [9.17, 15) is 18.4 Å². The fourth-order valence-corrected chi connectivity index (χ4v) is 3.88. The Labute approximate surface area is 191 Å². The summed E-state index contributed by atoms with van der Waals surface area (Å²) in [5, 5.41) is 2.83. The molecule has 0 aromatic heterocycles. The minimum Gasteiger partial charge on any atom is -0.493 e. The Bertz CT molecular complexity index is 1030. The van der Waals surface area contributed by atoms with Crippen molar-refractivity contribution in [2.45, 2.75) is 44.2 Å². The Kier molecular flexibility index (Phi) is 8.03. The Hall–Kier alpha value is -3.42. The maximum absolute atomic E-state index is 13.4. The number of hydrogen-bond donors (Lipinski definition) is 1. The molecule has 33 heavy (non-hydrogen) atoms. The number of nitrogens with one attached hydrogen (secondary N) is 1. The second-order valence-electron chi connectivity index (χ2n) is 7.90. The van der Waals surface area contributed by atoms with Gasteiger partial charge in [-0.3, -0.25) is 4.79 Å². The van der Waals surface area contributed by atoms with E-state index in [0.717, 1.165) is 31.4 Å². The maximum atomic E-state index is 13.4. The number of hydrogen-bond acceptors (Lipinski definition) is 5. The minimum atomic E-state index is -0.983. The molecule has 1 N–H and O–H groups in total. The summed E-state index contributed by atoms with van der Waals surface area (Å²) < 4.78 is 42.4. The molecular formula is C25H27F2NO5. The van der Waals surface area contributed by atoms with Gasteiger partial charge in [0.05, 0.1) is 14.2 Å². The Morgan fingerprint density at radius 1 is 1.00 bits per heavy atom. The molecule has 1 amide bonds. The van der Waals surface area contributed by atoms with Gasteiger partial charge in [0.25, 0.3) is 0 Å². The Balaban J connectivity index is 1.66. The summed E-state index contributed by atoms with van der Waals surface area (Å²) in [6, 6.07) is 8.62. The second kappa shape index (κ2) is 10.9. The van der Waals surface area contributed by atoms with Crippen molar-refractivity contribution in [2.75, 3.05) is 14.2 Å². The molecule has 0 bridgehead atoms. The lowest BCUT2D eigenvalue weighted by Gasteiger charge is -2.34. The molecule has 1 aliphatic rings. The summed E-state index contributed by atoms with van der Waals surface area (Å²) in [6.45, 7) is 0.0285. The topological polar surface area (TPSA) is 73.9 Å². The van der Waals surface area contributed by atoms with Crippen LogP contribution in [-0.4, -0.2) is 31.6 Å². The SMILES string of the molecule is COC(=O)C1(NC(=O)/C=C/c2ccc(OCc3ccc(F)c(F)c3)c(OC)c2)CCCCC1. The predicted molar refractivity (Wildman–Crippen MR) is 119 cm³/mol. The molecular weight excluding hydrogens is 432 g/mol. The first-order chi connectivity index (χ1) is 15.9. The van der Waals surface area contributed by atoms with Crippen LogP contribution in [0.15, 0.2) is 42.5 Å². The van der Waals surface area contributed by atoms with Gasteiger partial charge in [-0.05, 0) is 54.3 Å². The molecule has 0 unspecified atom stereocenters. The van der Waals surface area contributed by atoms with Gasteiger partial charge in [0.2, 0.25) is 5.91 Å². The Morgan fingerprint density at radius 3 is 2.42 bits per heavy atom. The number of carbonyl (C=O) groups is 2. The molecule has 0 saturated heterocycles. The molecule has 1 saturated carbocycles. The van der Waals surface area contributed by atoms with Crippen LogP contribution in [0.5, 0.6) is 11.5 Å². The zero-order valence-electron chi connectivity index (χ0n) is 18.7. The lowest BCUT2D eigenvalue weighted by Crippen LogP contribution is -2.55. The third-order valence-corrected chi connectivity index (χ3v) is 5.64. The molecule has 176 valence electrons. The molecule has 3 rings (SSSR count). The minimum absolute atomic E-state index is 0.0285. The van der Waals surface area contributed by atoms with E-state index < -0.39 is 23.1 Å². The first kappa shape index (κ1) is 24.2. The number of carbonyl (C=O) groups excluding carboxylic acids is 2. The highest BCUT2D eigenvalue weighted by Gasteiger charge is 2.41. The summed E-state index contributed by atoms with van der Waals surface area (Å²) >= 11 is 0. The largest absolute Gasteiger partial charge is 0.493 e. The molecule has 8 heteroatoms. The first-order valence-corrected chi connectivity index (χ1v) is 10.7. The van der Waals surface area contributed by atoms with Crippen molar-refractivity contribution >= 4 is 18.0 Å². The lowest BCUT2D eigenvalue weighted by atomic mass is 9.81. The number of ether oxygens (including phenoxy) is 3. The smallest absolute Gasteiger partial charge is 0.331 e. The second-order valence-corrected chi connectivity index (χ2v) is 7.90. The van der Waals surface area contributed by atoms with E-state index >= 15 is 0 Å². The molecule has 2 aromatic carbocycles. The first-order valence-electron chi connectivity index (χ1n) is 10.7. The van der Waals surface area contributed by atoms with Crippen LogP contribution in [0.25, 0.3) is 6.08 Å². The Morgan fingerprint density at radius 2 is 1.76 bits per heavy atom. The predicted octanol–water partition coefficient (Wildman–Crippen LogP) is 4.56. The number of halogens is 2.